The van der Waals surface area contributed by atoms with E-state index in [-0.39, 0.29) is 6.04 Å². The second-order valence-corrected chi connectivity index (χ2v) is 5.22. The summed E-state index contributed by atoms with van der Waals surface area (Å²) in [4.78, 5) is 2.10. The first-order valence-corrected chi connectivity index (χ1v) is 6.26. The van der Waals surface area contributed by atoms with E-state index in [4.69, 9.17) is 5.73 Å². The average molecular weight is 235 g/mol. The van der Waals surface area contributed by atoms with Crippen LogP contribution in [-0.4, -0.2) is 26.7 Å². The summed E-state index contributed by atoms with van der Waals surface area (Å²) < 4.78 is 0. The van der Waals surface area contributed by atoms with Crippen LogP contribution >= 0.6 is 0 Å². The second kappa shape index (κ2) is 6.50. The summed E-state index contributed by atoms with van der Waals surface area (Å²) in [6.45, 7) is 5.23. The lowest BCUT2D eigenvalue weighted by Gasteiger charge is -2.17. The van der Waals surface area contributed by atoms with Gasteiger partial charge in [-0.1, -0.05) is 19.9 Å². The van der Waals surface area contributed by atoms with Gasteiger partial charge in [0.1, 0.15) is 0 Å². The minimum Gasteiger partial charge on any atom is -0.383 e. The monoisotopic (exact) mass is 235 g/mol. The highest BCUT2D eigenvalue weighted by molar-refractivity contribution is 5.57. The van der Waals surface area contributed by atoms with Crippen molar-refractivity contribution in [3.05, 3.63) is 24.3 Å². The van der Waals surface area contributed by atoms with Crippen molar-refractivity contribution in [3.63, 3.8) is 0 Å². The SMILES string of the molecule is CC(C)CC(N)CNc1cccc(N(C)C)c1. The molecule has 0 bridgehead atoms. The van der Waals surface area contributed by atoms with Gasteiger partial charge in [0.05, 0.1) is 0 Å². The van der Waals surface area contributed by atoms with Gasteiger partial charge in [0, 0.05) is 38.1 Å². The van der Waals surface area contributed by atoms with E-state index in [2.05, 4.69) is 48.3 Å². The molecular weight excluding hydrogens is 210 g/mol. The highest BCUT2D eigenvalue weighted by atomic mass is 15.1. The number of nitrogens with one attached hydrogen (secondary N) is 1. The Hall–Kier alpha value is -1.22. The molecule has 0 heterocycles. The molecule has 96 valence electrons. The molecule has 3 nitrogen and oxygen atoms in total. The third kappa shape index (κ3) is 5.09. The molecule has 1 aromatic rings. The van der Waals surface area contributed by atoms with Crippen molar-refractivity contribution < 1.29 is 0 Å². The Bertz CT molecular complexity index is 334. The second-order valence-electron chi connectivity index (χ2n) is 5.22. The fourth-order valence-corrected chi connectivity index (χ4v) is 1.83. The lowest BCUT2D eigenvalue weighted by molar-refractivity contribution is 0.508. The first-order valence-electron chi connectivity index (χ1n) is 6.26. The van der Waals surface area contributed by atoms with Gasteiger partial charge in [-0.05, 0) is 30.5 Å². The number of hydrogen-bond acceptors (Lipinski definition) is 3. The Morgan fingerprint density at radius 2 is 2.00 bits per heavy atom. The minimum absolute atomic E-state index is 0.220. The topological polar surface area (TPSA) is 41.3 Å². The molecule has 1 atom stereocenters. The van der Waals surface area contributed by atoms with Crippen LogP contribution in [0.4, 0.5) is 11.4 Å². The summed E-state index contributed by atoms with van der Waals surface area (Å²) in [5.41, 5.74) is 8.38. The fraction of sp³-hybridized carbons (Fsp3) is 0.571. The van der Waals surface area contributed by atoms with E-state index < -0.39 is 0 Å². The number of anilines is 2. The number of nitrogens with zero attached hydrogens (tertiary/aromatic N) is 1. The summed E-state index contributed by atoms with van der Waals surface area (Å²) in [6.07, 6.45) is 1.06. The van der Waals surface area contributed by atoms with Crippen LogP contribution in [0.3, 0.4) is 0 Å². The molecule has 0 aliphatic carbocycles. The molecule has 3 N–H and O–H groups in total. The van der Waals surface area contributed by atoms with E-state index in [1.165, 1.54) is 5.69 Å². The van der Waals surface area contributed by atoms with E-state index in [0.717, 1.165) is 18.7 Å². The third-order valence-corrected chi connectivity index (χ3v) is 2.71. The lowest BCUT2D eigenvalue weighted by Crippen LogP contribution is -2.30. The minimum atomic E-state index is 0.220. The Balaban J connectivity index is 2.49. The summed E-state index contributed by atoms with van der Waals surface area (Å²) in [7, 11) is 4.09. The molecular formula is C14H25N3. The highest BCUT2D eigenvalue weighted by Gasteiger charge is 2.05. The van der Waals surface area contributed by atoms with E-state index in [9.17, 15) is 0 Å². The third-order valence-electron chi connectivity index (χ3n) is 2.71. The molecule has 1 aromatic carbocycles. The fourth-order valence-electron chi connectivity index (χ4n) is 1.83. The quantitative estimate of drug-likeness (QED) is 0.796. The van der Waals surface area contributed by atoms with Gasteiger partial charge in [0.15, 0.2) is 0 Å². The van der Waals surface area contributed by atoms with Crippen LogP contribution < -0.4 is 16.0 Å². The molecule has 0 fully saturated rings. The normalized spacial score (nSPS) is 12.6. The zero-order valence-electron chi connectivity index (χ0n) is 11.4. The average Bonchev–Trinajstić information content (AvgIpc) is 2.26. The van der Waals surface area contributed by atoms with Gasteiger partial charge in [0.25, 0.3) is 0 Å². The van der Waals surface area contributed by atoms with Gasteiger partial charge in [-0.3, -0.25) is 0 Å². The van der Waals surface area contributed by atoms with Crippen LogP contribution in [0.1, 0.15) is 20.3 Å². The van der Waals surface area contributed by atoms with Crippen molar-refractivity contribution >= 4 is 11.4 Å². The highest BCUT2D eigenvalue weighted by Crippen LogP contribution is 2.17. The molecule has 0 aliphatic rings. The van der Waals surface area contributed by atoms with Gasteiger partial charge >= 0.3 is 0 Å². The molecule has 0 radical (unpaired) electrons. The van der Waals surface area contributed by atoms with E-state index >= 15 is 0 Å². The van der Waals surface area contributed by atoms with Crippen LogP contribution in [0.15, 0.2) is 24.3 Å². The molecule has 17 heavy (non-hydrogen) atoms. The standard InChI is InChI=1S/C14H25N3/c1-11(2)8-12(15)10-16-13-6-5-7-14(9-13)17(3)4/h5-7,9,11-12,16H,8,10,15H2,1-4H3. The van der Waals surface area contributed by atoms with Crippen LogP contribution in [-0.2, 0) is 0 Å². The van der Waals surface area contributed by atoms with E-state index in [0.29, 0.717) is 5.92 Å². The molecule has 1 unspecified atom stereocenters. The summed E-state index contributed by atoms with van der Waals surface area (Å²) in [5, 5.41) is 3.39. The van der Waals surface area contributed by atoms with Gasteiger partial charge < -0.3 is 16.0 Å². The maximum absolute atomic E-state index is 6.05. The predicted octanol–water partition coefficient (Wildman–Crippen LogP) is 2.54. The molecule has 0 saturated carbocycles. The summed E-state index contributed by atoms with van der Waals surface area (Å²) >= 11 is 0. The first kappa shape index (κ1) is 13.8. The molecule has 0 aromatic heterocycles. The van der Waals surface area contributed by atoms with Gasteiger partial charge in [-0.25, -0.2) is 0 Å². The van der Waals surface area contributed by atoms with Crippen molar-refractivity contribution in [2.75, 3.05) is 30.9 Å². The summed E-state index contributed by atoms with van der Waals surface area (Å²) in [5.74, 6) is 0.653. The van der Waals surface area contributed by atoms with Crippen LogP contribution in [0, 0.1) is 5.92 Å². The number of hydrogen-bond donors (Lipinski definition) is 2. The maximum Gasteiger partial charge on any atom is 0.0381 e. The molecule has 0 spiro atoms. The largest absolute Gasteiger partial charge is 0.383 e. The molecule has 0 amide bonds. The lowest BCUT2D eigenvalue weighted by atomic mass is 10.0. The maximum atomic E-state index is 6.05. The number of rotatable bonds is 6. The zero-order valence-corrected chi connectivity index (χ0v) is 11.4. The molecule has 0 saturated heterocycles. The van der Waals surface area contributed by atoms with Crippen LogP contribution in [0.25, 0.3) is 0 Å². The van der Waals surface area contributed by atoms with Crippen LogP contribution in [0.5, 0.6) is 0 Å². The van der Waals surface area contributed by atoms with Crippen LogP contribution in [0.2, 0.25) is 0 Å². The van der Waals surface area contributed by atoms with Crippen molar-refractivity contribution in [2.45, 2.75) is 26.3 Å². The Labute approximate surface area is 105 Å². The van der Waals surface area contributed by atoms with Crippen molar-refractivity contribution in [1.82, 2.24) is 0 Å². The van der Waals surface area contributed by atoms with Gasteiger partial charge in [0.2, 0.25) is 0 Å². The van der Waals surface area contributed by atoms with Crippen molar-refractivity contribution in [3.8, 4) is 0 Å². The van der Waals surface area contributed by atoms with E-state index in [1.807, 2.05) is 14.1 Å². The Morgan fingerprint density at radius 3 is 2.59 bits per heavy atom. The first-order chi connectivity index (χ1) is 7.99. The molecule has 3 heteroatoms. The molecule has 1 rings (SSSR count). The van der Waals surface area contributed by atoms with E-state index in [1.54, 1.807) is 0 Å². The summed E-state index contributed by atoms with van der Waals surface area (Å²) in [6, 6.07) is 8.60. The zero-order chi connectivity index (χ0) is 12.8. The molecule has 0 aliphatic heterocycles. The van der Waals surface area contributed by atoms with Crippen molar-refractivity contribution in [2.24, 2.45) is 11.7 Å². The Morgan fingerprint density at radius 1 is 1.29 bits per heavy atom. The van der Waals surface area contributed by atoms with Gasteiger partial charge in [-0.2, -0.15) is 0 Å². The van der Waals surface area contributed by atoms with Crippen molar-refractivity contribution in [1.29, 1.82) is 0 Å². The smallest absolute Gasteiger partial charge is 0.0381 e. The number of benzene rings is 1. The number of nitrogens with two attached hydrogens (primary N) is 1. The predicted molar refractivity (Wildman–Crippen MR) is 76.7 cm³/mol. The van der Waals surface area contributed by atoms with Gasteiger partial charge in [-0.15, -0.1) is 0 Å². The Kier molecular flexibility index (Phi) is 5.29.